The standard InChI is InChI=1S/C25H26ClF3N8O2/c1-3-4-15-5-6-17(33-24(38)32-16-7-8-19(26)18(9-16)25(27,28)29)10-20(15)35-37-23-31-13-30-22(34-23)21-12-36(37)11-14(2)39-21/h5-10,13-14,21,35H,3-4,11-12H2,1-2H3,(H2,32,33,38). The van der Waals surface area contributed by atoms with E-state index in [-0.39, 0.29) is 17.9 Å². The lowest BCUT2D eigenvalue weighted by Gasteiger charge is -2.40. The van der Waals surface area contributed by atoms with Crippen LogP contribution in [0.2, 0.25) is 5.02 Å². The normalized spacial score (nSPS) is 20.3. The van der Waals surface area contributed by atoms with Crippen LogP contribution < -0.4 is 21.2 Å². The molecule has 3 aromatic rings. The molecule has 0 saturated carbocycles. The molecule has 10 nitrogen and oxygen atoms in total. The molecule has 39 heavy (non-hydrogen) atoms. The summed E-state index contributed by atoms with van der Waals surface area (Å²) < 4.78 is 45.6. The number of aryl methyl sites for hydroxylation is 1. The Bertz CT molecular complexity index is 1380. The molecule has 2 aliphatic rings. The first-order valence-electron chi connectivity index (χ1n) is 12.3. The Kier molecular flexibility index (Phi) is 7.47. The minimum absolute atomic E-state index is 0.0450. The SMILES string of the molecule is CCCc1ccc(NC(=O)Nc2ccc(Cl)c(C(F)(F)F)c2)cc1NN1c2ncnc(n2)C2CN1CC(C)O2. The molecule has 14 heteroatoms. The molecule has 0 radical (unpaired) electrons. The Morgan fingerprint density at radius 2 is 1.87 bits per heavy atom. The van der Waals surface area contributed by atoms with Crippen LogP contribution in [0.25, 0.3) is 0 Å². The average Bonchev–Trinajstić information content (AvgIpc) is 2.94. The second kappa shape index (κ2) is 10.8. The van der Waals surface area contributed by atoms with Crippen molar-refractivity contribution < 1.29 is 22.7 Å². The number of carbonyl (C=O) groups excluding carboxylic acids is 1. The predicted octanol–water partition coefficient (Wildman–Crippen LogP) is 5.66. The number of benzene rings is 2. The molecule has 3 atom stereocenters. The van der Waals surface area contributed by atoms with E-state index >= 15 is 0 Å². The van der Waals surface area contributed by atoms with Crippen molar-refractivity contribution in [3.63, 3.8) is 0 Å². The molecule has 2 amide bonds. The van der Waals surface area contributed by atoms with Gasteiger partial charge in [-0.3, -0.25) is 5.43 Å². The van der Waals surface area contributed by atoms with Gasteiger partial charge in [-0.2, -0.15) is 33.3 Å². The maximum absolute atomic E-state index is 13.2. The molecule has 3 N–H and O–H groups in total. The summed E-state index contributed by atoms with van der Waals surface area (Å²) in [5, 5.41) is 8.47. The third kappa shape index (κ3) is 6.00. The van der Waals surface area contributed by atoms with Crippen molar-refractivity contribution in [2.45, 2.75) is 45.1 Å². The van der Waals surface area contributed by atoms with Gasteiger partial charge in [-0.15, -0.1) is 0 Å². The van der Waals surface area contributed by atoms with Crippen molar-refractivity contribution in [1.82, 2.24) is 20.0 Å². The summed E-state index contributed by atoms with van der Waals surface area (Å²) in [7, 11) is 0. The van der Waals surface area contributed by atoms with E-state index in [2.05, 4.69) is 37.9 Å². The van der Waals surface area contributed by atoms with Crippen molar-refractivity contribution in [3.05, 3.63) is 64.7 Å². The number of rotatable bonds is 6. The van der Waals surface area contributed by atoms with Gasteiger partial charge in [-0.25, -0.2) is 9.78 Å². The molecule has 206 valence electrons. The minimum atomic E-state index is -4.65. The summed E-state index contributed by atoms with van der Waals surface area (Å²) in [5.74, 6) is 0.958. The van der Waals surface area contributed by atoms with E-state index in [0.717, 1.165) is 30.5 Å². The monoisotopic (exact) mass is 562 g/mol. The second-order valence-corrected chi connectivity index (χ2v) is 9.67. The maximum atomic E-state index is 13.2. The van der Waals surface area contributed by atoms with Crippen molar-refractivity contribution in [2.24, 2.45) is 0 Å². The topological polar surface area (TPSA) is 108 Å². The highest BCUT2D eigenvalue weighted by Gasteiger charge is 2.37. The van der Waals surface area contributed by atoms with Crippen molar-refractivity contribution in [3.8, 4) is 0 Å². The zero-order chi connectivity index (χ0) is 27.7. The number of fused-ring (bicyclic) bond motifs is 5. The number of halogens is 4. The van der Waals surface area contributed by atoms with Crippen LogP contribution in [-0.4, -0.2) is 45.2 Å². The van der Waals surface area contributed by atoms with Crippen LogP contribution in [0, 0.1) is 0 Å². The van der Waals surface area contributed by atoms with E-state index in [1.54, 1.807) is 17.3 Å². The van der Waals surface area contributed by atoms with Gasteiger partial charge < -0.3 is 15.4 Å². The third-order valence-corrected chi connectivity index (χ3v) is 6.55. The van der Waals surface area contributed by atoms with Gasteiger partial charge in [0.1, 0.15) is 12.4 Å². The van der Waals surface area contributed by atoms with E-state index in [0.29, 0.717) is 36.2 Å². The number of urea groups is 1. The minimum Gasteiger partial charge on any atom is -0.364 e. The van der Waals surface area contributed by atoms with Crippen LogP contribution in [0.3, 0.4) is 0 Å². The predicted molar refractivity (Wildman–Crippen MR) is 140 cm³/mol. The number of hydrogen-bond acceptors (Lipinski definition) is 8. The Hall–Kier alpha value is -3.68. The fourth-order valence-corrected chi connectivity index (χ4v) is 4.74. The third-order valence-electron chi connectivity index (χ3n) is 6.22. The van der Waals surface area contributed by atoms with Crippen molar-refractivity contribution in [2.75, 3.05) is 34.3 Å². The fraction of sp³-hybridized carbons (Fsp3) is 0.360. The van der Waals surface area contributed by atoms with Gasteiger partial charge in [0.15, 0.2) is 5.82 Å². The Morgan fingerprint density at radius 3 is 2.62 bits per heavy atom. The highest BCUT2D eigenvalue weighted by molar-refractivity contribution is 6.31. The van der Waals surface area contributed by atoms with Gasteiger partial charge in [0, 0.05) is 17.9 Å². The average molecular weight is 563 g/mol. The maximum Gasteiger partial charge on any atom is 0.417 e. The molecular weight excluding hydrogens is 537 g/mol. The molecule has 0 spiro atoms. The van der Waals surface area contributed by atoms with E-state index in [4.69, 9.17) is 16.3 Å². The first-order chi connectivity index (χ1) is 18.6. The molecule has 1 saturated heterocycles. The number of anilines is 4. The molecule has 0 aliphatic carbocycles. The Balaban J connectivity index is 1.37. The molecule has 4 bridgehead atoms. The zero-order valence-corrected chi connectivity index (χ0v) is 21.8. The van der Waals surface area contributed by atoms with Crippen molar-refractivity contribution >= 4 is 40.6 Å². The van der Waals surface area contributed by atoms with Gasteiger partial charge in [0.2, 0.25) is 0 Å². The van der Waals surface area contributed by atoms with Gasteiger partial charge in [-0.1, -0.05) is 31.0 Å². The highest BCUT2D eigenvalue weighted by Crippen LogP contribution is 2.36. The quantitative estimate of drug-likeness (QED) is 0.353. The number of nitrogens with one attached hydrogen (secondary N) is 3. The number of ether oxygens (including phenoxy) is 1. The summed E-state index contributed by atoms with van der Waals surface area (Å²) >= 11 is 5.67. The fourth-order valence-electron chi connectivity index (χ4n) is 4.51. The van der Waals surface area contributed by atoms with Crippen LogP contribution in [-0.2, 0) is 17.3 Å². The van der Waals surface area contributed by atoms with Crippen LogP contribution in [0.4, 0.5) is 41.0 Å². The first-order valence-corrected chi connectivity index (χ1v) is 12.7. The number of hydrogen-bond donors (Lipinski definition) is 3. The largest absolute Gasteiger partial charge is 0.417 e. The summed E-state index contributed by atoms with van der Waals surface area (Å²) in [6.45, 7) is 5.15. The van der Waals surface area contributed by atoms with Crippen molar-refractivity contribution in [1.29, 1.82) is 0 Å². The van der Waals surface area contributed by atoms with E-state index in [1.165, 1.54) is 12.4 Å². The molecule has 2 aromatic carbocycles. The van der Waals surface area contributed by atoms with Gasteiger partial charge in [-0.05, 0) is 49.2 Å². The van der Waals surface area contributed by atoms with E-state index < -0.39 is 22.8 Å². The second-order valence-electron chi connectivity index (χ2n) is 9.27. The Labute approximate surface area is 227 Å². The summed E-state index contributed by atoms with van der Waals surface area (Å²) in [4.78, 5) is 25.8. The van der Waals surface area contributed by atoms with Crippen LogP contribution in [0.5, 0.6) is 0 Å². The van der Waals surface area contributed by atoms with Crippen LogP contribution in [0.15, 0.2) is 42.7 Å². The number of alkyl halides is 3. The molecule has 3 unspecified atom stereocenters. The smallest absolute Gasteiger partial charge is 0.364 e. The van der Waals surface area contributed by atoms with E-state index in [1.807, 2.05) is 18.0 Å². The lowest BCUT2D eigenvalue weighted by molar-refractivity contribution is -0.137. The molecule has 5 rings (SSSR count). The van der Waals surface area contributed by atoms with E-state index in [9.17, 15) is 18.0 Å². The van der Waals surface area contributed by atoms with Crippen LogP contribution in [0.1, 0.15) is 43.3 Å². The summed E-state index contributed by atoms with van der Waals surface area (Å²) in [6.07, 6.45) is -1.92. The van der Waals surface area contributed by atoms with Gasteiger partial charge in [0.25, 0.3) is 5.95 Å². The molecule has 1 aromatic heterocycles. The number of amides is 2. The lowest BCUT2D eigenvalue weighted by atomic mass is 10.1. The molecule has 3 heterocycles. The van der Waals surface area contributed by atoms with Gasteiger partial charge in [0.05, 0.1) is 28.9 Å². The number of nitrogens with zero attached hydrogens (tertiary/aromatic N) is 5. The number of morpholine rings is 1. The Morgan fingerprint density at radius 1 is 1.13 bits per heavy atom. The molecule has 1 fully saturated rings. The number of carbonyl (C=O) groups is 1. The molecule has 2 aliphatic heterocycles. The zero-order valence-electron chi connectivity index (χ0n) is 21.1. The summed E-state index contributed by atoms with van der Waals surface area (Å²) in [6, 6.07) is 7.84. The van der Waals surface area contributed by atoms with Crippen LogP contribution >= 0.6 is 11.6 Å². The van der Waals surface area contributed by atoms with Gasteiger partial charge >= 0.3 is 12.2 Å². The lowest BCUT2D eigenvalue weighted by Crippen LogP contribution is -2.54. The molecular formula is C25H26ClF3N8O2. The first kappa shape index (κ1) is 26.9. The number of aromatic nitrogens is 3. The number of hydrazine groups is 2. The summed E-state index contributed by atoms with van der Waals surface area (Å²) in [5.41, 5.74) is 4.45. The highest BCUT2D eigenvalue weighted by atomic mass is 35.5.